The third-order valence-corrected chi connectivity index (χ3v) is 2.59. The van der Waals surface area contributed by atoms with Gasteiger partial charge in [-0.1, -0.05) is 15.9 Å². The van der Waals surface area contributed by atoms with E-state index in [4.69, 9.17) is 5.73 Å². The van der Waals surface area contributed by atoms with Gasteiger partial charge in [-0.2, -0.15) is 13.2 Å². The predicted molar refractivity (Wildman–Crippen MR) is 56.3 cm³/mol. The molecule has 1 aromatic rings. The minimum atomic E-state index is -4.26. The third kappa shape index (κ3) is 4.09. The summed E-state index contributed by atoms with van der Waals surface area (Å²) in [6, 6.07) is 3.09. The van der Waals surface area contributed by atoms with Crippen LogP contribution in [0.5, 0.6) is 0 Å². The lowest BCUT2D eigenvalue weighted by Crippen LogP contribution is -2.16. The number of hydrogen-bond acceptors (Lipinski definition) is 1. The van der Waals surface area contributed by atoms with Gasteiger partial charge in [0.2, 0.25) is 0 Å². The molecule has 0 fully saturated rings. The zero-order valence-electron chi connectivity index (χ0n) is 8.19. The first kappa shape index (κ1) is 13.4. The average Bonchev–Trinajstić information content (AvgIpc) is 2.17. The lowest BCUT2D eigenvalue weighted by atomic mass is 10.0. The van der Waals surface area contributed by atoms with Crippen LogP contribution in [0.2, 0.25) is 0 Å². The lowest BCUT2D eigenvalue weighted by Gasteiger charge is -2.14. The van der Waals surface area contributed by atoms with Crippen LogP contribution < -0.4 is 5.73 Å². The molecule has 0 radical (unpaired) electrons. The number of rotatable bonds is 3. The molecule has 0 bridgehead atoms. The van der Waals surface area contributed by atoms with Gasteiger partial charge < -0.3 is 5.73 Å². The normalized spacial score (nSPS) is 13.9. The van der Waals surface area contributed by atoms with E-state index in [1.807, 2.05) is 0 Å². The largest absolute Gasteiger partial charge is 0.389 e. The maximum absolute atomic E-state index is 13.3. The van der Waals surface area contributed by atoms with E-state index in [1.54, 1.807) is 0 Å². The van der Waals surface area contributed by atoms with Gasteiger partial charge in [0.15, 0.2) is 0 Å². The smallest absolute Gasteiger partial charge is 0.324 e. The minimum Gasteiger partial charge on any atom is -0.324 e. The molecule has 90 valence electrons. The van der Waals surface area contributed by atoms with Gasteiger partial charge in [0.25, 0.3) is 0 Å². The Labute approximate surface area is 98.8 Å². The summed E-state index contributed by atoms with van der Waals surface area (Å²) in [7, 11) is 0. The molecule has 1 rings (SSSR count). The zero-order valence-corrected chi connectivity index (χ0v) is 9.78. The van der Waals surface area contributed by atoms with Gasteiger partial charge in [0, 0.05) is 22.5 Å². The Morgan fingerprint density at radius 1 is 1.31 bits per heavy atom. The Balaban J connectivity index is 2.73. The molecule has 0 saturated carbocycles. The van der Waals surface area contributed by atoms with Crippen molar-refractivity contribution in [1.82, 2.24) is 0 Å². The molecule has 1 nitrogen and oxygen atoms in total. The second kappa shape index (κ2) is 5.14. The molecule has 1 atom stereocenters. The van der Waals surface area contributed by atoms with Crippen molar-refractivity contribution in [1.29, 1.82) is 0 Å². The number of benzene rings is 1. The van der Waals surface area contributed by atoms with E-state index >= 15 is 0 Å². The number of halogens is 5. The van der Waals surface area contributed by atoms with E-state index in [0.29, 0.717) is 4.47 Å². The summed E-state index contributed by atoms with van der Waals surface area (Å²) in [6.45, 7) is 0. The van der Waals surface area contributed by atoms with Crippen LogP contribution in [-0.2, 0) is 0 Å². The van der Waals surface area contributed by atoms with Gasteiger partial charge in [0.1, 0.15) is 5.82 Å². The summed E-state index contributed by atoms with van der Waals surface area (Å²) in [5, 5.41) is 0. The van der Waals surface area contributed by atoms with Crippen LogP contribution in [0.25, 0.3) is 0 Å². The minimum absolute atomic E-state index is 0.0959. The van der Waals surface area contributed by atoms with Crippen LogP contribution in [0.4, 0.5) is 17.6 Å². The molecule has 16 heavy (non-hydrogen) atoms. The van der Waals surface area contributed by atoms with E-state index in [0.717, 1.165) is 0 Å². The van der Waals surface area contributed by atoms with Crippen molar-refractivity contribution in [2.45, 2.75) is 25.1 Å². The first-order valence-electron chi connectivity index (χ1n) is 4.57. The summed E-state index contributed by atoms with van der Waals surface area (Å²) in [6.07, 6.45) is -5.60. The fraction of sp³-hybridized carbons (Fsp3) is 0.400. The Morgan fingerprint density at radius 2 is 1.94 bits per heavy atom. The van der Waals surface area contributed by atoms with Crippen LogP contribution in [0.1, 0.15) is 24.4 Å². The molecular formula is C10H10BrF4N. The first-order chi connectivity index (χ1) is 7.29. The number of alkyl halides is 3. The maximum atomic E-state index is 13.3. The van der Waals surface area contributed by atoms with Crippen molar-refractivity contribution in [3.63, 3.8) is 0 Å². The lowest BCUT2D eigenvalue weighted by molar-refractivity contribution is -0.136. The fourth-order valence-electron chi connectivity index (χ4n) is 1.27. The molecule has 0 amide bonds. The topological polar surface area (TPSA) is 26.0 Å². The second-order valence-corrected chi connectivity index (χ2v) is 4.34. The quantitative estimate of drug-likeness (QED) is 0.841. The van der Waals surface area contributed by atoms with Crippen LogP contribution in [0.15, 0.2) is 22.7 Å². The molecule has 0 unspecified atom stereocenters. The predicted octanol–water partition coefficient (Wildman–Crippen LogP) is 3.93. The van der Waals surface area contributed by atoms with Crippen molar-refractivity contribution >= 4 is 15.9 Å². The van der Waals surface area contributed by atoms with E-state index in [9.17, 15) is 17.6 Å². The van der Waals surface area contributed by atoms with Gasteiger partial charge in [-0.3, -0.25) is 0 Å². The highest BCUT2D eigenvalue weighted by Gasteiger charge is 2.28. The second-order valence-electron chi connectivity index (χ2n) is 3.43. The highest BCUT2D eigenvalue weighted by Crippen LogP contribution is 2.28. The van der Waals surface area contributed by atoms with Crippen LogP contribution >= 0.6 is 15.9 Å². The van der Waals surface area contributed by atoms with Crippen LogP contribution in [-0.4, -0.2) is 6.18 Å². The highest BCUT2D eigenvalue weighted by molar-refractivity contribution is 9.10. The summed E-state index contributed by atoms with van der Waals surface area (Å²) < 4.78 is 49.7. The van der Waals surface area contributed by atoms with Crippen LogP contribution in [0.3, 0.4) is 0 Å². The standard InChI is InChI=1S/C10H10BrF4N/c11-6-1-2-8(12)7(5-6)9(16)3-4-10(13,14)15/h1-2,5,9H,3-4,16H2/t9-/m1/s1. The van der Waals surface area contributed by atoms with Gasteiger partial charge >= 0.3 is 6.18 Å². The molecule has 0 heterocycles. The van der Waals surface area contributed by atoms with Gasteiger partial charge in [-0.15, -0.1) is 0 Å². The number of hydrogen-bond donors (Lipinski definition) is 1. The molecule has 0 aliphatic heterocycles. The van der Waals surface area contributed by atoms with Crippen molar-refractivity contribution in [3.8, 4) is 0 Å². The third-order valence-electron chi connectivity index (χ3n) is 2.10. The first-order valence-corrected chi connectivity index (χ1v) is 5.36. The Hall–Kier alpha value is -0.620. The summed E-state index contributed by atoms with van der Waals surface area (Å²) >= 11 is 3.11. The van der Waals surface area contributed by atoms with Crippen molar-refractivity contribution in [2.75, 3.05) is 0 Å². The van der Waals surface area contributed by atoms with Gasteiger partial charge in [-0.05, 0) is 24.6 Å². The highest BCUT2D eigenvalue weighted by atomic mass is 79.9. The van der Waals surface area contributed by atoms with E-state index in [-0.39, 0.29) is 12.0 Å². The van der Waals surface area contributed by atoms with Crippen molar-refractivity contribution in [2.24, 2.45) is 5.73 Å². The van der Waals surface area contributed by atoms with Crippen LogP contribution in [0, 0.1) is 5.82 Å². The molecule has 2 N–H and O–H groups in total. The van der Waals surface area contributed by atoms with Gasteiger partial charge in [-0.25, -0.2) is 4.39 Å². The molecule has 0 aliphatic rings. The summed E-state index contributed by atoms with van der Waals surface area (Å²) in [5.74, 6) is -0.585. The van der Waals surface area contributed by atoms with E-state index in [2.05, 4.69) is 15.9 Å². The average molecular weight is 300 g/mol. The van der Waals surface area contributed by atoms with E-state index in [1.165, 1.54) is 18.2 Å². The monoisotopic (exact) mass is 299 g/mol. The van der Waals surface area contributed by atoms with Crippen molar-refractivity contribution < 1.29 is 17.6 Å². The Bertz CT molecular complexity index is 364. The maximum Gasteiger partial charge on any atom is 0.389 e. The Morgan fingerprint density at radius 3 is 2.50 bits per heavy atom. The summed E-state index contributed by atoms with van der Waals surface area (Å²) in [4.78, 5) is 0. The molecular weight excluding hydrogens is 290 g/mol. The Kier molecular flexibility index (Phi) is 4.32. The zero-order chi connectivity index (χ0) is 12.3. The molecule has 6 heteroatoms. The fourth-order valence-corrected chi connectivity index (χ4v) is 1.65. The van der Waals surface area contributed by atoms with Crippen molar-refractivity contribution in [3.05, 3.63) is 34.1 Å². The number of nitrogens with two attached hydrogens (primary N) is 1. The molecule has 0 aromatic heterocycles. The summed E-state index contributed by atoms with van der Waals surface area (Å²) in [5.41, 5.74) is 5.61. The van der Waals surface area contributed by atoms with E-state index < -0.39 is 24.5 Å². The molecule has 0 saturated heterocycles. The van der Waals surface area contributed by atoms with Gasteiger partial charge in [0.05, 0.1) is 0 Å². The molecule has 0 aliphatic carbocycles. The molecule has 0 spiro atoms. The molecule has 1 aromatic carbocycles. The SMILES string of the molecule is N[C@H](CCC(F)(F)F)c1cc(Br)ccc1F.